The Bertz CT molecular complexity index is 1490. The molecule has 1 amide bonds. The fourth-order valence-electron chi connectivity index (χ4n) is 4.07. The van der Waals surface area contributed by atoms with Crippen molar-refractivity contribution in [2.75, 3.05) is 7.11 Å². The fraction of sp³-hybridized carbons (Fsp3) is 0.172. The van der Waals surface area contributed by atoms with E-state index in [4.69, 9.17) is 14.2 Å². The maximum Gasteiger partial charge on any atom is 0.252 e. The number of nitrogens with one attached hydrogen (secondary N) is 1. The quantitative estimate of drug-likeness (QED) is 0.305. The van der Waals surface area contributed by atoms with E-state index in [0.717, 1.165) is 33.5 Å². The van der Waals surface area contributed by atoms with Gasteiger partial charge in [0.15, 0.2) is 0 Å². The van der Waals surface area contributed by atoms with E-state index in [1.807, 2.05) is 98.8 Å². The Labute approximate surface area is 209 Å². The highest BCUT2D eigenvalue weighted by Crippen LogP contribution is 2.28. The second-order valence-corrected chi connectivity index (χ2v) is 8.82. The maximum absolute atomic E-state index is 13.6. The van der Waals surface area contributed by atoms with E-state index < -0.39 is 6.04 Å². The van der Waals surface area contributed by atoms with Gasteiger partial charge in [-0.25, -0.2) is 4.98 Å². The predicted octanol–water partition coefficient (Wildman–Crippen LogP) is 6.09. The molecule has 0 aliphatic carbocycles. The topological polar surface area (TPSA) is 90.1 Å². The highest BCUT2D eigenvalue weighted by molar-refractivity contribution is 6.07. The Balaban J connectivity index is 1.47. The van der Waals surface area contributed by atoms with Crippen molar-refractivity contribution in [2.24, 2.45) is 5.92 Å². The minimum absolute atomic E-state index is 0.0137. The fourth-order valence-corrected chi connectivity index (χ4v) is 4.07. The van der Waals surface area contributed by atoms with Gasteiger partial charge in [-0.2, -0.15) is 4.98 Å². The number of benzene rings is 3. The molecule has 0 saturated heterocycles. The van der Waals surface area contributed by atoms with Crippen molar-refractivity contribution < 1.29 is 14.1 Å². The molecule has 1 atom stereocenters. The monoisotopic (exact) mass is 478 g/mol. The van der Waals surface area contributed by atoms with E-state index in [1.165, 1.54) is 0 Å². The second-order valence-electron chi connectivity index (χ2n) is 8.82. The molecule has 0 aliphatic rings. The highest BCUT2D eigenvalue weighted by Gasteiger charge is 2.26. The zero-order valence-corrected chi connectivity index (χ0v) is 20.3. The van der Waals surface area contributed by atoms with Gasteiger partial charge in [0.1, 0.15) is 11.8 Å². The Hall–Kier alpha value is -4.52. The summed E-state index contributed by atoms with van der Waals surface area (Å²) < 4.78 is 10.8. The average molecular weight is 479 g/mol. The third kappa shape index (κ3) is 4.68. The van der Waals surface area contributed by atoms with Crippen LogP contribution in [0.25, 0.3) is 33.5 Å². The van der Waals surface area contributed by atoms with Crippen LogP contribution < -0.4 is 10.1 Å². The van der Waals surface area contributed by atoms with Crippen molar-refractivity contribution in [3.63, 3.8) is 0 Å². The molecule has 5 rings (SSSR count). The zero-order valence-electron chi connectivity index (χ0n) is 20.3. The number of para-hydroxylation sites is 1. The number of fused-ring (bicyclic) bond motifs is 1. The number of carbonyl (C=O) groups is 1. The van der Waals surface area contributed by atoms with Crippen LogP contribution in [0.4, 0.5) is 0 Å². The van der Waals surface area contributed by atoms with Gasteiger partial charge in [0.25, 0.3) is 5.91 Å². The molecule has 2 aromatic heterocycles. The van der Waals surface area contributed by atoms with Gasteiger partial charge in [0, 0.05) is 16.5 Å². The summed E-state index contributed by atoms with van der Waals surface area (Å²) in [7, 11) is 1.62. The van der Waals surface area contributed by atoms with Gasteiger partial charge < -0.3 is 14.6 Å². The molecule has 180 valence electrons. The minimum Gasteiger partial charge on any atom is -0.497 e. The molecule has 7 heteroatoms. The summed E-state index contributed by atoms with van der Waals surface area (Å²) in [5, 5.41) is 8.04. The van der Waals surface area contributed by atoms with Crippen molar-refractivity contribution >= 4 is 16.8 Å². The summed E-state index contributed by atoms with van der Waals surface area (Å²) in [5.74, 6) is 1.34. The lowest BCUT2D eigenvalue weighted by molar-refractivity contribution is 0.0915. The number of hydrogen-bond donors (Lipinski definition) is 1. The number of rotatable bonds is 7. The Kier molecular flexibility index (Phi) is 6.45. The van der Waals surface area contributed by atoms with Gasteiger partial charge in [-0.3, -0.25) is 4.79 Å². The molecule has 0 aliphatic heterocycles. The van der Waals surface area contributed by atoms with Gasteiger partial charge in [0.05, 0.1) is 23.9 Å². The van der Waals surface area contributed by atoms with Crippen molar-refractivity contribution in [1.29, 1.82) is 0 Å². The molecular weight excluding hydrogens is 452 g/mol. The minimum atomic E-state index is -0.468. The van der Waals surface area contributed by atoms with E-state index >= 15 is 0 Å². The summed E-state index contributed by atoms with van der Waals surface area (Å²) in [4.78, 5) is 23.0. The standard InChI is InChI=1S/C29H26N4O3/c1-18(2)26(29-32-27(33-36-29)20-13-15-21(35-3)16-14-20)31-28(34)23-17-25(19-9-5-4-6-10-19)30-24-12-8-7-11-22(23)24/h4-18,26H,1-3H3,(H,31,34). The van der Waals surface area contributed by atoms with Gasteiger partial charge >= 0.3 is 0 Å². The Morgan fingerprint density at radius 2 is 1.61 bits per heavy atom. The van der Waals surface area contributed by atoms with Crippen LogP contribution in [0.1, 0.15) is 36.1 Å². The summed E-state index contributed by atoms with van der Waals surface area (Å²) >= 11 is 0. The summed E-state index contributed by atoms with van der Waals surface area (Å²) in [6, 6.07) is 26.2. The maximum atomic E-state index is 13.6. The molecule has 0 spiro atoms. The van der Waals surface area contributed by atoms with E-state index in [1.54, 1.807) is 7.11 Å². The lowest BCUT2D eigenvalue weighted by atomic mass is 10.0. The first-order valence-corrected chi connectivity index (χ1v) is 11.8. The van der Waals surface area contributed by atoms with Gasteiger partial charge in [-0.1, -0.05) is 67.5 Å². The van der Waals surface area contributed by atoms with E-state index in [9.17, 15) is 4.79 Å². The number of nitrogens with zero attached hydrogens (tertiary/aromatic N) is 3. The summed E-state index contributed by atoms with van der Waals surface area (Å²) in [6.45, 7) is 4.00. The van der Waals surface area contributed by atoms with E-state index in [2.05, 4.69) is 15.5 Å². The summed E-state index contributed by atoms with van der Waals surface area (Å²) in [6.07, 6.45) is 0. The molecule has 36 heavy (non-hydrogen) atoms. The first-order valence-electron chi connectivity index (χ1n) is 11.8. The molecule has 0 bridgehead atoms. The largest absolute Gasteiger partial charge is 0.497 e. The van der Waals surface area contributed by atoms with Crippen LogP contribution in [0.5, 0.6) is 5.75 Å². The smallest absolute Gasteiger partial charge is 0.252 e. The molecule has 1 N–H and O–H groups in total. The third-order valence-corrected chi connectivity index (χ3v) is 6.04. The van der Waals surface area contributed by atoms with Crippen LogP contribution in [-0.4, -0.2) is 28.1 Å². The molecule has 1 unspecified atom stereocenters. The predicted molar refractivity (Wildman–Crippen MR) is 139 cm³/mol. The van der Waals surface area contributed by atoms with Crippen LogP contribution in [0.15, 0.2) is 89.5 Å². The molecule has 5 aromatic rings. The molecule has 7 nitrogen and oxygen atoms in total. The van der Waals surface area contributed by atoms with Gasteiger partial charge in [-0.15, -0.1) is 0 Å². The zero-order chi connectivity index (χ0) is 25.1. The molecule has 0 fully saturated rings. The lowest BCUT2D eigenvalue weighted by Gasteiger charge is -2.19. The van der Waals surface area contributed by atoms with Crippen LogP contribution in [-0.2, 0) is 0 Å². The van der Waals surface area contributed by atoms with Crippen molar-refractivity contribution in [2.45, 2.75) is 19.9 Å². The van der Waals surface area contributed by atoms with E-state index in [-0.39, 0.29) is 11.8 Å². The third-order valence-electron chi connectivity index (χ3n) is 6.04. The van der Waals surface area contributed by atoms with Crippen LogP contribution in [0.2, 0.25) is 0 Å². The van der Waals surface area contributed by atoms with Crippen molar-refractivity contribution in [3.8, 4) is 28.4 Å². The van der Waals surface area contributed by atoms with Gasteiger partial charge in [0.2, 0.25) is 11.7 Å². The number of methoxy groups -OCH3 is 1. The molecule has 3 aromatic carbocycles. The first kappa shape index (κ1) is 23.2. The Morgan fingerprint density at radius 3 is 2.33 bits per heavy atom. The average Bonchev–Trinajstić information content (AvgIpc) is 3.41. The van der Waals surface area contributed by atoms with Crippen LogP contribution >= 0.6 is 0 Å². The number of ether oxygens (including phenoxy) is 1. The number of aromatic nitrogens is 3. The van der Waals surface area contributed by atoms with Crippen LogP contribution in [0.3, 0.4) is 0 Å². The van der Waals surface area contributed by atoms with Crippen molar-refractivity contribution in [1.82, 2.24) is 20.4 Å². The second kappa shape index (κ2) is 10.00. The normalized spacial score (nSPS) is 12.0. The number of pyridine rings is 1. The summed E-state index contributed by atoms with van der Waals surface area (Å²) in [5.41, 5.74) is 3.77. The van der Waals surface area contributed by atoms with Crippen molar-refractivity contribution in [3.05, 3.63) is 96.4 Å². The van der Waals surface area contributed by atoms with Gasteiger partial charge in [-0.05, 0) is 42.3 Å². The molecule has 2 heterocycles. The molecule has 0 radical (unpaired) electrons. The number of carbonyl (C=O) groups excluding carboxylic acids is 1. The number of amides is 1. The Morgan fingerprint density at radius 1 is 0.889 bits per heavy atom. The molecular formula is C29H26N4O3. The SMILES string of the molecule is COc1ccc(-c2noc(C(NC(=O)c3cc(-c4ccccc4)nc4ccccc34)C(C)C)n2)cc1. The number of hydrogen-bond acceptors (Lipinski definition) is 6. The van der Waals surface area contributed by atoms with Crippen LogP contribution in [0, 0.1) is 5.92 Å². The van der Waals surface area contributed by atoms with E-state index in [0.29, 0.717) is 17.3 Å². The molecule has 0 saturated carbocycles. The first-order chi connectivity index (χ1) is 17.5. The highest BCUT2D eigenvalue weighted by atomic mass is 16.5. The lowest BCUT2D eigenvalue weighted by Crippen LogP contribution is -2.32.